The van der Waals surface area contributed by atoms with Gasteiger partial charge in [0.25, 0.3) is 11.9 Å². The zero-order valence-electron chi connectivity index (χ0n) is 12.8. The lowest BCUT2D eigenvalue weighted by molar-refractivity contribution is 0.0998. The molecule has 24 heavy (non-hydrogen) atoms. The standard InChI is InChI=1S/C16H16FN5O2/c17-10-1-2-14-12(6-10)21-16(24-14)19-7-9-3-4-22-13(5-9)11(8-20-22)15(18)23/h1-2,6,8-9H,3-5,7H2,(H2,18,23)(H,19,21)/t9-/m1/s1. The smallest absolute Gasteiger partial charge is 0.295 e. The van der Waals surface area contributed by atoms with Crippen molar-refractivity contribution in [2.24, 2.45) is 11.7 Å². The third-order valence-corrected chi connectivity index (χ3v) is 4.34. The quantitative estimate of drug-likeness (QED) is 0.762. The number of primary amides is 1. The summed E-state index contributed by atoms with van der Waals surface area (Å²) < 4.78 is 20.6. The molecule has 8 heteroatoms. The molecule has 1 aliphatic rings. The maximum absolute atomic E-state index is 13.2. The number of aryl methyl sites for hydroxylation is 1. The summed E-state index contributed by atoms with van der Waals surface area (Å²) in [6.07, 6.45) is 3.16. The van der Waals surface area contributed by atoms with E-state index in [2.05, 4.69) is 15.4 Å². The molecule has 1 amide bonds. The lowest BCUT2D eigenvalue weighted by Gasteiger charge is -2.23. The van der Waals surface area contributed by atoms with Gasteiger partial charge in [0.15, 0.2) is 5.58 Å². The molecule has 4 rings (SSSR count). The number of carbonyl (C=O) groups is 1. The van der Waals surface area contributed by atoms with E-state index in [9.17, 15) is 9.18 Å². The Morgan fingerprint density at radius 1 is 1.50 bits per heavy atom. The van der Waals surface area contributed by atoms with Gasteiger partial charge in [0.1, 0.15) is 11.3 Å². The molecule has 124 valence electrons. The first-order valence-electron chi connectivity index (χ1n) is 7.74. The second kappa shape index (κ2) is 5.63. The highest BCUT2D eigenvalue weighted by atomic mass is 19.1. The summed E-state index contributed by atoms with van der Waals surface area (Å²) in [5.74, 6) is -0.494. The molecule has 0 spiro atoms. The molecule has 2 aromatic heterocycles. The number of anilines is 1. The third-order valence-electron chi connectivity index (χ3n) is 4.34. The van der Waals surface area contributed by atoms with Gasteiger partial charge in [0, 0.05) is 19.2 Å². The van der Waals surface area contributed by atoms with Crippen LogP contribution in [0.2, 0.25) is 0 Å². The van der Waals surface area contributed by atoms with E-state index in [0.717, 1.165) is 18.7 Å². The average Bonchev–Trinajstić information content (AvgIpc) is 3.15. The van der Waals surface area contributed by atoms with E-state index in [-0.39, 0.29) is 5.82 Å². The highest BCUT2D eigenvalue weighted by Crippen LogP contribution is 2.24. The molecule has 0 saturated carbocycles. The van der Waals surface area contributed by atoms with Crippen LogP contribution >= 0.6 is 0 Å². The largest absolute Gasteiger partial charge is 0.424 e. The predicted octanol–water partition coefficient (Wildman–Crippen LogP) is 1.94. The molecule has 7 nitrogen and oxygen atoms in total. The van der Waals surface area contributed by atoms with Gasteiger partial charge in [-0.15, -0.1) is 0 Å². The Morgan fingerprint density at radius 2 is 2.38 bits per heavy atom. The number of nitrogens with one attached hydrogen (secondary N) is 1. The van der Waals surface area contributed by atoms with Crippen molar-refractivity contribution in [3.8, 4) is 0 Å². The van der Waals surface area contributed by atoms with Crippen LogP contribution in [0.5, 0.6) is 0 Å². The zero-order valence-corrected chi connectivity index (χ0v) is 12.8. The van der Waals surface area contributed by atoms with Gasteiger partial charge in [-0.2, -0.15) is 10.1 Å². The summed E-state index contributed by atoms with van der Waals surface area (Å²) >= 11 is 0. The SMILES string of the molecule is NC(=O)c1cnn2c1C[C@H](CNc1nc3cc(F)ccc3o1)CC2. The Balaban J connectivity index is 1.46. The number of nitrogens with zero attached hydrogens (tertiary/aromatic N) is 3. The first-order chi connectivity index (χ1) is 11.6. The molecule has 0 bridgehead atoms. The Kier molecular flexibility index (Phi) is 3.44. The van der Waals surface area contributed by atoms with Crippen LogP contribution in [-0.2, 0) is 13.0 Å². The lowest BCUT2D eigenvalue weighted by atomic mass is 9.94. The van der Waals surface area contributed by atoms with Crippen LogP contribution in [0.3, 0.4) is 0 Å². The monoisotopic (exact) mass is 329 g/mol. The van der Waals surface area contributed by atoms with Crippen molar-refractivity contribution in [2.75, 3.05) is 11.9 Å². The summed E-state index contributed by atoms with van der Waals surface area (Å²) in [5.41, 5.74) is 7.76. The summed E-state index contributed by atoms with van der Waals surface area (Å²) in [5, 5.41) is 7.35. The molecule has 0 fully saturated rings. The van der Waals surface area contributed by atoms with Crippen molar-refractivity contribution >= 4 is 23.0 Å². The van der Waals surface area contributed by atoms with Crippen molar-refractivity contribution in [3.05, 3.63) is 41.5 Å². The predicted molar refractivity (Wildman–Crippen MR) is 85.0 cm³/mol. The van der Waals surface area contributed by atoms with Crippen LogP contribution in [0.25, 0.3) is 11.1 Å². The summed E-state index contributed by atoms with van der Waals surface area (Å²) in [7, 11) is 0. The van der Waals surface area contributed by atoms with Crippen molar-refractivity contribution in [1.29, 1.82) is 0 Å². The fraction of sp³-hybridized carbons (Fsp3) is 0.312. The lowest BCUT2D eigenvalue weighted by Crippen LogP contribution is -2.27. The fourth-order valence-electron chi connectivity index (χ4n) is 3.09. The molecule has 1 aromatic carbocycles. The number of nitrogens with two attached hydrogens (primary N) is 1. The number of rotatable bonds is 4. The molecule has 3 heterocycles. The van der Waals surface area contributed by atoms with Crippen molar-refractivity contribution < 1.29 is 13.6 Å². The van der Waals surface area contributed by atoms with Crippen molar-refractivity contribution in [1.82, 2.24) is 14.8 Å². The molecule has 3 aromatic rings. The second-order valence-corrected chi connectivity index (χ2v) is 5.96. The van der Waals surface area contributed by atoms with E-state index in [0.29, 0.717) is 41.6 Å². The van der Waals surface area contributed by atoms with E-state index >= 15 is 0 Å². The summed E-state index contributed by atoms with van der Waals surface area (Å²) in [6.45, 7) is 1.38. The van der Waals surface area contributed by atoms with Gasteiger partial charge in [-0.3, -0.25) is 9.48 Å². The van der Waals surface area contributed by atoms with Gasteiger partial charge in [-0.05, 0) is 30.9 Å². The number of fused-ring (bicyclic) bond motifs is 2. The van der Waals surface area contributed by atoms with Crippen molar-refractivity contribution in [2.45, 2.75) is 19.4 Å². The average molecular weight is 329 g/mol. The summed E-state index contributed by atoms with van der Waals surface area (Å²) in [6, 6.07) is 4.60. The number of halogens is 1. The van der Waals surface area contributed by atoms with E-state index in [4.69, 9.17) is 10.2 Å². The molecule has 0 unspecified atom stereocenters. The maximum atomic E-state index is 13.2. The van der Waals surface area contributed by atoms with E-state index in [1.54, 1.807) is 6.07 Å². The van der Waals surface area contributed by atoms with Gasteiger partial charge in [0.05, 0.1) is 17.5 Å². The number of carbonyl (C=O) groups excluding carboxylic acids is 1. The van der Waals surface area contributed by atoms with E-state index in [1.165, 1.54) is 18.3 Å². The minimum absolute atomic E-state index is 0.305. The summed E-state index contributed by atoms with van der Waals surface area (Å²) in [4.78, 5) is 15.7. The number of aromatic nitrogens is 3. The Bertz CT molecular complexity index is 916. The van der Waals surface area contributed by atoms with Crippen LogP contribution in [-0.4, -0.2) is 27.2 Å². The third kappa shape index (κ3) is 2.60. The molecular formula is C16H16FN5O2. The van der Waals surface area contributed by atoms with Crippen LogP contribution in [0.15, 0.2) is 28.8 Å². The zero-order chi connectivity index (χ0) is 16.7. The van der Waals surface area contributed by atoms with Crippen LogP contribution < -0.4 is 11.1 Å². The molecule has 0 aliphatic carbocycles. The van der Waals surface area contributed by atoms with Gasteiger partial charge < -0.3 is 15.5 Å². The highest BCUT2D eigenvalue weighted by molar-refractivity contribution is 5.93. The molecule has 1 atom stereocenters. The van der Waals surface area contributed by atoms with Crippen molar-refractivity contribution in [3.63, 3.8) is 0 Å². The first-order valence-corrected chi connectivity index (χ1v) is 7.74. The number of amides is 1. The minimum Gasteiger partial charge on any atom is -0.424 e. The number of oxazole rings is 1. The Morgan fingerprint density at radius 3 is 3.21 bits per heavy atom. The van der Waals surface area contributed by atoms with Crippen LogP contribution in [0.4, 0.5) is 10.4 Å². The minimum atomic E-state index is -0.453. The molecular weight excluding hydrogens is 313 g/mol. The molecule has 1 aliphatic heterocycles. The van der Waals surface area contributed by atoms with Crippen LogP contribution in [0.1, 0.15) is 22.5 Å². The maximum Gasteiger partial charge on any atom is 0.295 e. The normalized spacial score (nSPS) is 17.0. The number of benzene rings is 1. The van der Waals surface area contributed by atoms with Gasteiger partial charge in [0.2, 0.25) is 0 Å². The first kappa shape index (κ1) is 14.7. The fourth-order valence-corrected chi connectivity index (χ4v) is 3.09. The topological polar surface area (TPSA) is 99.0 Å². The Hall–Kier alpha value is -2.90. The van der Waals surface area contributed by atoms with Gasteiger partial charge in [-0.1, -0.05) is 0 Å². The van der Waals surface area contributed by atoms with Gasteiger partial charge in [-0.25, -0.2) is 4.39 Å². The molecule has 0 saturated heterocycles. The molecule has 3 N–H and O–H groups in total. The van der Waals surface area contributed by atoms with Crippen LogP contribution in [0, 0.1) is 11.7 Å². The highest BCUT2D eigenvalue weighted by Gasteiger charge is 2.24. The number of hydrogen-bond donors (Lipinski definition) is 2. The Labute approximate surface area is 136 Å². The van der Waals surface area contributed by atoms with E-state index < -0.39 is 5.91 Å². The second-order valence-electron chi connectivity index (χ2n) is 5.96. The van der Waals surface area contributed by atoms with E-state index in [1.807, 2.05) is 4.68 Å². The number of hydrogen-bond acceptors (Lipinski definition) is 5. The molecule has 0 radical (unpaired) electrons. The van der Waals surface area contributed by atoms with Gasteiger partial charge >= 0.3 is 0 Å².